The number of phosphoric ester groups is 2. The third kappa shape index (κ3) is 60.3. The second kappa shape index (κ2) is 61.3. The monoisotopic (exact) mass is 1300 g/mol. The maximum absolute atomic E-state index is 13.0. The number of aliphatic hydroxyl groups excluding tert-OH is 1. The molecule has 0 aromatic heterocycles. The number of rotatable bonds is 68. The molecule has 4 unspecified atom stereocenters. The summed E-state index contributed by atoms with van der Waals surface area (Å²) < 4.78 is 68.1. The zero-order valence-electron chi connectivity index (χ0n) is 57.0. The Balaban J connectivity index is 5.21. The zero-order chi connectivity index (χ0) is 65.0. The van der Waals surface area contributed by atoms with E-state index in [2.05, 4.69) is 41.5 Å². The van der Waals surface area contributed by atoms with E-state index in [-0.39, 0.29) is 25.7 Å². The van der Waals surface area contributed by atoms with Crippen LogP contribution >= 0.6 is 15.6 Å². The normalized spacial score (nSPS) is 14.8. The highest BCUT2D eigenvalue weighted by Crippen LogP contribution is 2.45. The van der Waals surface area contributed by atoms with E-state index >= 15 is 0 Å². The topological polar surface area (TPSA) is 237 Å². The number of unbranched alkanes of at least 4 members (excludes halogenated alkanes) is 36. The van der Waals surface area contributed by atoms with Gasteiger partial charge in [0.2, 0.25) is 0 Å². The minimum atomic E-state index is -4.95. The molecule has 0 rings (SSSR count). The summed E-state index contributed by atoms with van der Waals surface area (Å²) >= 11 is 0. The van der Waals surface area contributed by atoms with Gasteiger partial charge in [0.05, 0.1) is 26.4 Å². The van der Waals surface area contributed by atoms with E-state index in [4.69, 9.17) is 37.0 Å². The van der Waals surface area contributed by atoms with E-state index in [9.17, 15) is 43.2 Å². The van der Waals surface area contributed by atoms with Crippen molar-refractivity contribution in [2.45, 2.75) is 368 Å². The fraction of sp³-hybridized carbons (Fsp3) is 0.942. The maximum Gasteiger partial charge on any atom is 0.472 e. The number of ether oxygens (including phenoxy) is 4. The SMILES string of the molecule is CCCCCCCCCCCCC(=O)O[C@H](COC(=O)CCCCCCCCCC)COP(=O)(O)OC[C@H](O)COP(=O)(O)OC[C@@H](COC(=O)CCCCCCCCCCC(C)CC)OC(=O)CCCCCCCCCCCCCCCCC(C)CC. The number of aliphatic hydroxyl groups is 1. The lowest BCUT2D eigenvalue weighted by Crippen LogP contribution is -2.30. The van der Waals surface area contributed by atoms with Crippen LogP contribution < -0.4 is 0 Å². The first-order valence-corrected chi connectivity index (χ1v) is 39.1. The van der Waals surface area contributed by atoms with Gasteiger partial charge in [0.1, 0.15) is 19.3 Å². The third-order valence-corrected chi connectivity index (χ3v) is 18.6. The highest BCUT2D eigenvalue weighted by Gasteiger charge is 2.30. The fourth-order valence-electron chi connectivity index (χ4n) is 10.4. The first-order chi connectivity index (χ1) is 42.4. The zero-order valence-corrected chi connectivity index (χ0v) is 58.8. The van der Waals surface area contributed by atoms with Gasteiger partial charge in [-0.2, -0.15) is 0 Å². The van der Waals surface area contributed by atoms with Crippen molar-refractivity contribution < 1.29 is 80.2 Å². The Morgan fingerprint density at radius 1 is 0.318 bits per heavy atom. The van der Waals surface area contributed by atoms with Gasteiger partial charge in [-0.1, -0.05) is 298 Å². The molecule has 0 saturated heterocycles. The number of hydrogen-bond acceptors (Lipinski definition) is 15. The predicted octanol–water partition coefficient (Wildman–Crippen LogP) is 19.6. The molecular weight excluding hydrogens is 1160 g/mol. The summed E-state index contributed by atoms with van der Waals surface area (Å²) in [6.45, 7) is 9.56. The molecule has 19 heteroatoms. The highest BCUT2D eigenvalue weighted by atomic mass is 31.2. The summed E-state index contributed by atoms with van der Waals surface area (Å²) in [5, 5.41) is 10.6. The fourth-order valence-corrected chi connectivity index (χ4v) is 11.9. The van der Waals surface area contributed by atoms with Crippen LogP contribution in [0.2, 0.25) is 0 Å². The largest absolute Gasteiger partial charge is 0.472 e. The lowest BCUT2D eigenvalue weighted by Gasteiger charge is -2.21. The molecule has 7 atom stereocenters. The van der Waals surface area contributed by atoms with Crippen molar-refractivity contribution in [2.24, 2.45) is 11.8 Å². The van der Waals surface area contributed by atoms with E-state index in [1.54, 1.807) is 0 Å². The molecular formula is C69H134O17P2. The number of phosphoric acid groups is 2. The number of carbonyl (C=O) groups excluding carboxylic acids is 4. The van der Waals surface area contributed by atoms with Crippen LogP contribution in [0.5, 0.6) is 0 Å². The maximum atomic E-state index is 13.0. The van der Waals surface area contributed by atoms with Crippen LogP contribution in [-0.2, 0) is 65.4 Å². The summed E-state index contributed by atoms with van der Waals surface area (Å²) in [7, 11) is -9.89. The van der Waals surface area contributed by atoms with Crippen LogP contribution in [0, 0.1) is 11.8 Å². The summed E-state index contributed by atoms with van der Waals surface area (Å²) in [4.78, 5) is 72.4. The molecule has 0 fully saturated rings. The van der Waals surface area contributed by atoms with E-state index in [0.717, 1.165) is 108 Å². The Hall–Kier alpha value is -1.94. The smallest absolute Gasteiger partial charge is 0.462 e. The van der Waals surface area contributed by atoms with Gasteiger partial charge in [-0.15, -0.1) is 0 Å². The van der Waals surface area contributed by atoms with Crippen molar-refractivity contribution in [3.05, 3.63) is 0 Å². The van der Waals surface area contributed by atoms with Gasteiger partial charge in [0.15, 0.2) is 12.2 Å². The summed E-state index contributed by atoms with van der Waals surface area (Å²) in [5.74, 6) is -0.505. The van der Waals surface area contributed by atoms with Crippen molar-refractivity contribution >= 4 is 39.5 Å². The molecule has 0 aliphatic heterocycles. The highest BCUT2D eigenvalue weighted by molar-refractivity contribution is 7.47. The van der Waals surface area contributed by atoms with E-state index in [1.807, 2.05) is 0 Å². The van der Waals surface area contributed by atoms with Gasteiger partial charge in [-0.3, -0.25) is 37.3 Å². The molecule has 0 aromatic carbocycles. The third-order valence-electron chi connectivity index (χ3n) is 16.7. The Kier molecular flexibility index (Phi) is 59.9. The molecule has 0 aliphatic rings. The Morgan fingerprint density at radius 3 is 0.807 bits per heavy atom. The van der Waals surface area contributed by atoms with Crippen molar-refractivity contribution in [3.63, 3.8) is 0 Å². The minimum absolute atomic E-state index is 0.106. The quantitative estimate of drug-likeness (QED) is 0.0222. The van der Waals surface area contributed by atoms with Crippen LogP contribution in [0.3, 0.4) is 0 Å². The van der Waals surface area contributed by atoms with E-state index in [0.29, 0.717) is 25.7 Å². The molecule has 0 spiro atoms. The average molecular weight is 1300 g/mol. The van der Waals surface area contributed by atoms with Crippen LogP contribution in [0.25, 0.3) is 0 Å². The average Bonchev–Trinajstić information content (AvgIpc) is 3.71. The summed E-state index contributed by atoms with van der Waals surface area (Å²) in [6.07, 6.45) is 45.7. The Bertz CT molecular complexity index is 1720. The van der Waals surface area contributed by atoms with Gasteiger partial charge >= 0.3 is 39.5 Å². The van der Waals surface area contributed by atoms with Crippen LogP contribution in [0.1, 0.15) is 350 Å². The van der Waals surface area contributed by atoms with Gasteiger partial charge in [0, 0.05) is 25.7 Å². The predicted molar refractivity (Wildman–Crippen MR) is 354 cm³/mol. The van der Waals surface area contributed by atoms with Crippen LogP contribution in [0.4, 0.5) is 0 Å². The molecule has 0 amide bonds. The Morgan fingerprint density at radius 2 is 0.545 bits per heavy atom. The molecule has 0 bridgehead atoms. The summed E-state index contributed by atoms with van der Waals surface area (Å²) in [6, 6.07) is 0. The standard InChI is InChI=1S/C69H134O17P2/c1-7-11-13-15-17-19-27-35-41-47-53-68(73)85-64(57-79-66(71)51-45-39-33-18-16-14-12-8-2)59-83-87(75,76)81-55-63(70)56-82-88(77,78)84-60-65(58-80-67(72)52-46-40-34-30-29-32-38-44-50-62(6)10-4)86-69(74)54-48-42-36-28-25-23-21-20-22-24-26-31-37-43-49-61(5)9-3/h61-65,70H,7-60H2,1-6H3,(H,75,76)(H,77,78)/t61?,62?,63-,64+,65+/m0/s1. The van der Waals surface area contributed by atoms with Crippen LogP contribution in [-0.4, -0.2) is 96.7 Å². The number of esters is 4. The van der Waals surface area contributed by atoms with Crippen molar-refractivity contribution in [1.82, 2.24) is 0 Å². The Labute approximate surface area is 537 Å². The van der Waals surface area contributed by atoms with E-state index in [1.165, 1.54) is 161 Å². The molecule has 0 aliphatic carbocycles. The van der Waals surface area contributed by atoms with Gasteiger partial charge in [-0.05, 0) is 37.5 Å². The number of carbonyl (C=O) groups is 4. The first-order valence-electron chi connectivity index (χ1n) is 36.1. The molecule has 0 radical (unpaired) electrons. The van der Waals surface area contributed by atoms with E-state index < -0.39 is 97.5 Å². The lowest BCUT2D eigenvalue weighted by atomic mass is 9.99. The minimum Gasteiger partial charge on any atom is -0.462 e. The second-order valence-electron chi connectivity index (χ2n) is 25.4. The summed E-state index contributed by atoms with van der Waals surface area (Å²) in [5.41, 5.74) is 0. The van der Waals surface area contributed by atoms with Crippen molar-refractivity contribution in [1.29, 1.82) is 0 Å². The molecule has 17 nitrogen and oxygen atoms in total. The molecule has 3 N–H and O–H groups in total. The van der Waals surface area contributed by atoms with Gasteiger partial charge in [0.25, 0.3) is 0 Å². The molecule has 0 heterocycles. The molecule has 0 saturated carbocycles. The van der Waals surface area contributed by atoms with Crippen molar-refractivity contribution in [3.8, 4) is 0 Å². The molecule has 88 heavy (non-hydrogen) atoms. The lowest BCUT2D eigenvalue weighted by molar-refractivity contribution is -0.161. The van der Waals surface area contributed by atoms with Crippen molar-refractivity contribution in [2.75, 3.05) is 39.6 Å². The van der Waals surface area contributed by atoms with Crippen LogP contribution in [0.15, 0.2) is 0 Å². The first kappa shape index (κ1) is 86.1. The van der Waals surface area contributed by atoms with Gasteiger partial charge < -0.3 is 33.8 Å². The molecule has 0 aromatic rings. The molecule has 522 valence electrons. The second-order valence-corrected chi connectivity index (χ2v) is 28.3. The van der Waals surface area contributed by atoms with Gasteiger partial charge in [-0.25, -0.2) is 9.13 Å². The number of hydrogen-bond donors (Lipinski definition) is 3.